The molecule has 0 aliphatic heterocycles. The number of hydrogen-bond acceptors (Lipinski definition) is 4. The lowest BCUT2D eigenvalue weighted by Crippen LogP contribution is -1.97. The highest BCUT2D eigenvalue weighted by atomic mass is 32.1. The van der Waals surface area contributed by atoms with E-state index in [1.54, 1.807) is 11.4 Å². The summed E-state index contributed by atoms with van der Waals surface area (Å²) in [5.41, 5.74) is -0.226. The Labute approximate surface area is 82.6 Å². The Morgan fingerprint density at radius 2 is 2.07 bits per heavy atom. The molecule has 0 aliphatic rings. The van der Waals surface area contributed by atoms with Crippen LogP contribution in [-0.2, 0) is 0 Å². The van der Waals surface area contributed by atoms with Gasteiger partial charge in [-0.3, -0.25) is 14.9 Å². The van der Waals surface area contributed by atoms with Crippen LogP contribution in [0.4, 0.5) is 5.69 Å². The number of non-ortho nitro benzene ring substituents is 1. The van der Waals surface area contributed by atoms with Crippen LogP contribution in [0.1, 0.15) is 0 Å². The average molecular weight is 207 g/mol. The van der Waals surface area contributed by atoms with E-state index in [4.69, 9.17) is 0 Å². The normalized spacial score (nSPS) is 10.3. The van der Waals surface area contributed by atoms with E-state index in [9.17, 15) is 14.9 Å². The van der Waals surface area contributed by atoms with E-state index in [0.717, 1.165) is 4.70 Å². The lowest BCUT2D eigenvalue weighted by atomic mass is 10.2. The minimum absolute atomic E-state index is 0.0481. The molecule has 1 heterocycles. The van der Waals surface area contributed by atoms with Crippen molar-refractivity contribution in [3.63, 3.8) is 0 Å². The van der Waals surface area contributed by atoms with Crippen LogP contribution in [0, 0.1) is 10.1 Å². The van der Waals surface area contributed by atoms with Gasteiger partial charge in [-0.2, -0.15) is 0 Å². The second-order valence-corrected chi connectivity index (χ2v) is 3.67. The lowest BCUT2D eigenvalue weighted by molar-refractivity contribution is -0.384. The van der Waals surface area contributed by atoms with Crippen molar-refractivity contribution in [3.05, 3.63) is 50.0 Å². The summed E-state index contributed by atoms with van der Waals surface area (Å²) in [6, 6.07) is 5.72. The van der Waals surface area contributed by atoms with Crippen LogP contribution in [0.25, 0.3) is 10.1 Å². The molecule has 0 N–H and O–H groups in total. The zero-order chi connectivity index (χ0) is 10.1. The molecule has 0 aliphatic carbocycles. The Morgan fingerprint density at radius 3 is 2.79 bits per heavy atom. The third kappa shape index (κ3) is 1.38. The highest BCUT2D eigenvalue weighted by Crippen LogP contribution is 2.20. The smallest absolute Gasteiger partial charge is 0.270 e. The SMILES string of the molecule is O=c1ccsc2ccc([N+](=O)[O-])cc12. The molecular weight excluding hydrogens is 202 g/mol. The van der Waals surface area contributed by atoms with Crippen molar-refractivity contribution >= 4 is 27.1 Å². The molecule has 0 fully saturated rings. The second-order valence-electron chi connectivity index (χ2n) is 2.72. The number of nitro groups is 1. The molecule has 0 bridgehead atoms. The molecule has 0 spiro atoms. The maximum absolute atomic E-state index is 11.3. The van der Waals surface area contributed by atoms with E-state index in [2.05, 4.69) is 0 Å². The van der Waals surface area contributed by atoms with Gasteiger partial charge in [0.2, 0.25) is 0 Å². The first-order valence-electron chi connectivity index (χ1n) is 3.84. The summed E-state index contributed by atoms with van der Waals surface area (Å²) in [6.07, 6.45) is 0. The van der Waals surface area contributed by atoms with Gasteiger partial charge in [0.1, 0.15) is 0 Å². The highest BCUT2D eigenvalue weighted by molar-refractivity contribution is 7.16. The van der Waals surface area contributed by atoms with Gasteiger partial charge in [-0.05, 0) is 17.5 Å². The summed E-state index contributed by atoms with van der Waals surface area (Å²) in [5.74, 6) is 0. The first-order valence-corrected chi connectivity index (χ1v) is 4.72. The maximum Gasteiger partial charge on any atom is 0.270 e. The van der Waals surface area contributed by atoms with Crippen molar-refractivity contribution in [3.8, 4) is 0 Å². The molecule has 0 unspecified atom stereocenters. The van der Waals surface area contributed by atoms with Gasteiger partial charge in [0.05, 0.1) is 4.92 Å². The third-order valence-corrected chi connectivity index (χ3v) is 2.74. The quantitative estimate of drug-likeness (QED) is 0.531. The number of fused-ring (bicyclic) bond motifs is 1. The molecule has 70 valence electrons. The molecule has 0 saturated carbocycles. The average Bonchev–Trinajstić information content (AvgIpc) is 2.18. The van der Waals surface area contributed by atoms with Crippen LogP contribution in [-0.4, -0.2) is 4.92 Å². The molecule has 5 heteroatoms. The van der Waals surface area contributed by atoms with Crippen LogP contribution in [0.3, 0.4) is 0 Å². The first-order chi connectivity index (χ1) is 6.68. The van der Waals surface area contributed by atoms with Crippen LogP contribution in [0.5, 0.6) is 0 Å². The van der Waals surface area contributed by atoms with Crippen molar-refractivity contribution in [2.45, 2.75) is 0 Å². The maximum atomic E-state index is 11.3. The van der Waals surface area contributed by atoms with Crippen molar-refractivity contribution in [2.24, 2.45) is 0 Å². The molecular formula is C9H5NO3S. The molecule has 2 aromatic rings. The topological polar surface area (TPSA) is 60.2 Å². The second kappa shape index (κ2) is 3.19. The van der Waals surface area contributed by atoms with Gasteiger partial charge in [-0.15, -0.1) is 11.3 Å². The van der Waals surface area contributed by atoms with Crippen molar-refractivity contribution in [1.29, 1.82) is 0 Å². The Kier molecular flexibility index (Phi) is 2.01. The summed E-state index contributed by atoms with van der Waals surface area (Å²) in [4.78, 5) is 21.3. The molecule has 14 heavy (non-hydrogen) atoms. The van der Waals surface area contributed by atoms with Gasteiger partial charge < -0.3 is 0 Å². The van der Waals surface area contributed by atoms with Gasteiger partial charge in [0, 0.05) is 22.2 Å². The summed E-state index contributed by atoms with van der Waals surface area (Å²) >= 11 is 1.39. The zero-order valence-electron chi connectivity index (χ0n) is 6.97. The van der Waals surface area contributed by atoms with Crippen LogP contribution in [0.2, 0.25) is 0 Å². The highest BCUT2D eigenvalue weighted by Gasteiger charge is 2.07. The van der Waals surface area contributed by atoms with E-state index in [-0.39, 0.29) is 11.1 Å². The monoisotopic (exact) mass is 207 g/mol. The Balaban J connectivity index is 2.83. The van der Waals surface area contributed by atoms with Crippen LogP contribution < -0.4 is 5.43 Å². The summed E-state index contributed by atoms with van der Waals surface area (Å²) in [7, 11) is 0. The Morgan fingerprint density at radius 1 is 1.29 bits per heavy atom. The van der Waals surface area contributed by atoms with E-state index in [1.807, 2.05) is 0 Å². The Bertz CT molecular complexity index is 561. The molecule has 0 radical (unpaired) electrons. The van der Waals surface area contributed by atoms with E-state index < -0.39 is 4.92 Å². The van der Waals surface area contributed by atoms with E-state index in [0.29, 0.717) is 5.39 Å². The minimum Gasteiger partial charge on any atom is -0.289 e. The molecule has 4 nitrogen and oxygen atoms in total. The standard InChI is InChI=1S/C9H5NO3S/c11-8-3-4-14-9-2-1-6(10(12)13)5-7(8)9/h1-5H. The predicted molar refractivity (Wildman–Crippen MR) is 54.7 cm³/mol. The molecule has 1 aromatic carbocycles. The number of benzene rings is 1. The Hall–Kier alpha value is -1.75. The first kappa shape index (κ1) is 8.83. The largest absolute Gasteiger partial charge is 0.289 e. The van der Waals surface area contributed by atoms with E-state index >= 15 is 0 Å². The van der Waals surface area contributed by atoms with Gasteiger partial charge in [0.15, 0.2) is 5.43 Å². The minimum atomic E-state index is -0.503. The van der Waals surface area contributed by atoms with Crippen molar-refractivity contribution in [1.82, 2.24) is 0 Å². The lowest BCUT2D eigenvalue weighted by Gasteiger charge is -1.94. The van der Waals surface area contributed by atoms with Crippen molar-refractivity contribution in [2.75, 3.05) is 0 Å². The fraction of sp³-hybridized carbons (Fsp3) is 0. The molecule has 2 rings (SSSR count). The summed E-state index contributed by atoms with van der Waals surface area (Å²) in [6.45, 7) is 0. The van der Waals surface area contributed by atoms with Gasteiger partial charge in [-0.1, -0.05) is 0 Å². The third-order valence-electron chi connectivity index (χ3n) is 1.85. The number of nitrogens with zero attached hydrogens (tertiary/aromatic N) is 1. The molecule has 0 amide bonds. The number of rotatable bonds is 1. The van der Waals surface area contributed by atoms with E-state index in [1.165, 1.54) is 29.5 Å². The van der Waals surface area contributed by atoms with Crippen molar-refractivity contribution < 1.29 is 4.92 Å². The molecule has 0 saturated heterocycles. The fourth-order valence-electron chi connectivity index (χ4n) is 1.19. The fourth-order valence-corrected chi connectivity index (χ4v) is 1.96. The summed E-state index contributed by atoms with van der Waals surface area (Å²) in [5, 5.41) is 12.5. The van der Waals surface area contributed by atoms with Gasteiger partial charge >= 0.3 is 0 Å². The molecule has 0 atom stereocenters. The number of hydrogen-bond donors (Lipinski definition) is 0. The summed E-state index contributed by atoms with van der Waals surface area (Å²) < 4.78 is 0.767. The predicted octanol–water partition coefficient (Wildman–Crippen LogP) is 2.17. The molecule has 1 aromatic heterocycles. The van der Waals surface area contributed by atoms with Gasteiger partial charge in [-0.25, -0.2) is 0 Å². The number of nitro benzene ring substituents is 1. The van der Waals surface area contributed by atoms with Crippen LogP contribution in [0.15, 0.2) is 34.4 Å². The zero-order valence-corrected chi connectivity index (χ0v) is 7.78. The van der Waals surface area contributed by atoms with Crippen LogP contribution >= 0.6 is 11.3 Å². The van der Waals surface area contributed by atoms with Gasteiger partial charge in [0.25, 0.3) is 5.69 Å².